The Morgan fingerprint density at radius 3 is 2.55 bits per heavy atom. The largest absolute Gasteiger partial charge is 0.508 e. The summed E-state index contributed by atoms with van der Waals surface area (Å²) in [7, 11) is 0. The van der Waals surface area contributed by atoms with Gasteiger partial charge in [0.1, 0.15) is 5.75 Å². The van der Waals surface area contributed by atoms with Gasteiger partial charge >= 0.3 is 0 Å². The van der Waals surface area contributed by atoms with Crippen molar-refractivity contribution < 1.29 is 14.7 Å². The number of fused-ring (bicyclic) bond motifs is 5. The SMILES string of the molecule is C[C@@]12C(=O)N(c3ccc(O)cc3)C(=O)[C@H]1[C@@H]1C=C[C@@H]2C1. The van der Waals surface area contributed by atoms with Crippen LogP contribution in [-0.2, 0) is 9.59 Å². The van der Waals surface area contributed by atoms with E-state index in [0.717, 1.165) is 6.42 Å². The van der Waals surface area contributed by atoms with Gasteiger partial charge in [-0.05, 0) is 49.4 Å². The third kappa shape index (κ3) is 1.17. The van der Waals surface area contributed by atoms with Gasteiger partial charge in [0.15, 0.2) is 0 Å². The molecule has 2 bridgehead atoms. The van der Waals surface area contributed by atoms with E-state index in [0.29, 0.717) is 5.69 Å². The normalized spacial score (nSPS) is 37.9. The van der Waals surface area contributed by atoms with Gasteiger partial charge in [0.2, 0.25) is 11.8 Å². The Labute approximate surface area is 116 Å². The summed E-state index contributed by atoms with van der Waals surface area (Å²) < 4.78 is 0. The van der Waals surface area contributed by atoms with Crippen molar-refractivity contribution in [2.24, 2.45) is 23.2 Å². The zero-order chi connectivity index (χ0) is 14.1. The molecule has 1 aromatic carbocycles. The molecule has 0 radical (unpaired) electrons. The van der Waals surface area contributed by atoms with Crippen molar-refractivity contribution in [3.8, 4) is 5.75 Å². The van der Waals surface area contributed by atoms with Crippen molar-refractivity contribution in [3.63, 3.8) is 0 Å². The molecule has 4 rings (SSSR count). The topological polar surface area (TPSA) is 57.6 Å². The molecule has 1 aromatic rings. The molecule has 1 aliphatic heterocycles. The lowest BCUT2D eigenvalue weighted by Gasteiger charge is -2.28. The van der Waals surface area contributed by atoms with Gasteiger partial charge in [-0.3, -0.25) is 9.59 Å². The second-order valence-corrected chi connectivity index (χ2v) is 6.15. The van der Waals surface area contributed by atoms with Crippen molar-refractivity contribution in [2.75, 3.05) is 4.90 Å². The first-order chi connectivity index (χ1) is 9.53. The number of carbonyl (C=O) groups is 2. The van der Waals surface area contributed by atoms with E-state index in [1.54, 1.807) is 12.1 Å². The summed E-state index contributed by atoms with van der Waals surface area (Å²) in [4.78, 5) is 26.8. The second-order valence-electron chi connectivity index (χ2n) is 6.15. The average Bonchev–Trinajstić information content (AvgIpc) is 3.05. The first kappa shape index (κ1) is 11.7. The number of phenols is 1. The Kier molecular flexibility index (Phi) is 2.05. The molecule has 2 fully saturated rings. The van der Waals surface area contributed by atoms with Crippen LogP contribution in [0.1, 0.15) is 13.3 Å². The van der Waals surface area contributed by atoms with Gasteiger partial charge in [-0.2, -0.15) is 0 Å². The molecule has 1 saturated heterocycles. The van der Waals surface area contributed by atoms with Crippen LogP contribution in [0.4, 0.5) is 5.69 Å². The van der Waals surface area contributed by atoms with E-state index in [4.69, 9.17) is 0 Å². The van der Waals surface area contributed by atoms with Gasteiger partial charge in [0, 0.05) is 0 Å². The Morgan fingerprint density at radius 2 is 1.90 bits per heavy atom. The lowest BCUT2D eigenvalue weighted by atomic mass is 9.71. The lowest BCUT2D eigenvalue weighted by Crippen LogP contribution is -2.37. The highest BCUT2D eigenvalue weighted by molar-refractivity contribution is 6.24. The molecule has 20 heavy (non-hydrogen) atoms. The number of nitrogens with zero attached hydrogens (tertiary/aromatic N) is 1. The third-order valence-electron chi connectivity index (χ3n) is 5.22. The zero-order valence-electron chi connectivity index (χ0n) is 11.1. The van der Waals surface area contributed by atoms with Crippen LogP contribution in [0, 0.1) is 23.2 Å². The van der Waals surface area contributed by atoms with E-state index in [2.05, 4.69) is 12.2 Å². The van der Waals surface area contributed by atoms with Gasteiger partial charge in [0.25, 0.3) is 0 Å². The first-order valence-corrected chi connectivity index (χ1v) is 6.89. The Morgan fingerprint density at radius 1 is 1.20 bits per heavy atom. The van der Waals surface area contributed by atoms with Crippen LogP contribution in [0.15, 0.2) is 36.4 Å². The number of hydrogen-bond donors (Lipinski definition) is 1. The molecular formula is C16H15NO3. The van der Waals surface area contributed by atoms with Crippen LogP contribution < -0.4 is 4.90 Å². The van der Waals surface area contributed by atoms with Gasteiger partial charge in [0.05, 0.1) is 17.0 Å². The molecule has 2 amide bonds. The van der Waals surface area contributed by atoms with Crippen LogP contribution in [0.5, 0.6) is 5.75 Å². The molecule has 1 saturated carbocycles. The summed E-state index contributed by atoms with van der Waals surface area (Å²) in [5.41, 5.74) is -0.0400. The van der Waals surface area contributed by atoms with E-state index in [1.807, 2.05) is 6.92 Å². The summed E-state index contributed by atoms with van der Waals surface area (Å²) >= 11 is 0. The lowest BCUT2D eigenvalue weighted by molar-refractivity contribution is -0.127. The van der Waals surface area contributed by atoms with E-state index in [-0.39, 0.29) is 35.3 Å². The fraction of sp³-hybridized carbons (Fsp3) is 0.375. The third-order valence-corrected chi connectivity index (χ3v) is 5.22. The number of allylic oxidation sites excluding steroid dienone is 2. The highest BCUT2D eigenvalue weighted by Gasteiger charge is 2.67. The molecule has 4 nitrogen and oxygen atoms in total. The van der Waals surface area contributed by atoms with Gasteiger partial charge in [-0.15, -0.1) is 0 Å². The minimum atomic E-state index is -0.589. The summed E-state index contributed by atoms with van der Waals surface area (Å²) in [6.45, 7) is 1.92. The molecule has 102 valence electrons. The Hall–Kier alpha value is -2.10. The fourth-order valence-electron chi connectivity index (χ4n) is 4.15. The number of rotatable bonds is 1. The Balaban J connectivity index is 1.80. The number of imide groups is 1. The van der Waals surface area contributed by atoms with E-state index in [1.165, 1.54) is 17.0 Å². The maximum absolute atomic E-state index is 12.8. The predicted molar refractivity (Wildman–Crippen MR) is 72.9 cm³/mol. The number of anilines is 1. The number of benzene rings is 1. The molecule has 0 unspecified atom stereocenters. The molecule has 1 heterocycles. The maximum Gasteiger partial charge on any atom is 0.241 e. The van der Waals surface area contributed by atoms with Crippen molar-refractivity contribution in [3.05, 3.63) is 36.4 Å². The fourth-order valence-corrected chi connectivity index (χ4v) is 4.15. The van der Waals surface area contributed by atoms with Crippen LogP contribution in [0.2, 0.25) is 0 Å². The van der Waals surface area contributed by atoms with Crippen molar-refractivity contribution in [2.45, 2.75) is 13.3 Å². The minimum absolute atomic E-state index is 0.0972. The second kappa shape index (κ2) is 3.51. The summed E-state index contributed by atoms with van der Waals surface area (Å²) in [5, 5.41) is 9.34. The predicted octanol–water partition coefficient (Wildman–Crippen LogP) is 2.09. The molecule has 4 atom stereocenters. The van der Waals surface area contributed by atoms with Crippen LogP contribution >= 0.6 is 0 Å². The van der Waals surface area contributed by atoms with Crippen LogP contribution in [0.3, 0.4) is 0 Å². The molecule has 0 spiro atoms. The molecular weight excluding hydrogens is 254 g/mol. The van der Waals surface area contributed by atoms with Crippen LogP contribution in [0.25, 0.3) is 0 Å². The van der Waals surface area contributed by atoms with Crippen molar-refractivity contribution in [1.82, 2.24) is 0 Å². The van der Waals surface area contributed by atoms with E-state index >= 15 is 0 Å². The molecule has 1 N–H and O–H groups in total. The van der Waals surface area contributed by atoms with E-state index < -0.39 is 5.41 Å². The summed E-state index contributed by atoms with van der Waals surface area (Å²) in [6, 6.07) is 6.23. The van der Waals surface area contributed by atoms with Crippen LogP contribution in [-0.4, -0.2) is 16.9 Å². The number of carbonyl (C=O) groups excluding carboxylic acids is 2. The van der Waals surface area contributed by atoms with Gasteiger partial charge in [-0.1, -0.05) is 12.2 Å². The smallest absolute Gasteiger partial charge is 0.241 e. The minimum Gasteiger partial charge on any atom is -0.508 e. The highest BCUT2D eigenvalue weighted by atomic mass is 16.3. The molecule has 4 heteroatoms. The zero-order valence-corrected chi connectivity index (χ0v) is 11.1. The van der Waals surface area contributed by atoms with Gasteiger partial charge < -0.3 is 5.11 Å². The average molecular weight is 269 g/mol. The Bertz CT molecular complexity index is 648. The number of aromatic hydroxyl groups is 1. The molecule has 3 aliphatic rings. The molecule has 0 aromatic heterocycles. The van der Waals surface area contributed by atoms with Crippen molar-refractivity contribution >= 4 is 17.5 Å². The monoisotopic (exact) mass is 269 g/mol. The number of hydrogen-bond acceptors (Lipinski definition) is 3. The quantitative estimate of drug-likeness (QED) is 0.627. The van der Waals surface area contributed by atoms with E-state index in [9.17, 15) is 14.7 Å². The molecule has 2 aliphatic carbocycles. The maximum atomic E-state index is 12.8. The van der Waals surface area contributed by atoms with Gasteiger partial charge in [-0.25, -0.2) is 4.90 Å². The van der Waals surface area contributed by atoms with Crippen molar-refractivity contribution in [1.29, 1.82) is 0 Å². The number of phenolic OH excluding ortho intramolecular Hbond substituents is 1. The number of amides is 2. The first-order valence-electron chi connectivity index (χ1n) is 6.89. The summed E-state index contributed by atoms with van der Waals surface area (Å²) in [6.07, 6.45) is 5.09. The standard InChI is InChI=1S/C16H15NO3/c1-16-10-3-2-9(8-10)13(16)14(19)17(15(16)20)11-4-6-12(18)7-5-11/h2-7,9-10,13,18H,8H2,1H3/t9-,10-,13-,16+/m1/s1. The highest BCUT2D eigenvalue weighted by Crippen LogP contribution is 2.60. The summed E-state index contributed by atoms with van der Waals surface area (Å²) in [5.74, 6) is 0.0782.